The van der Waals surface area contributed by atoms with Crippen LogP contribution in [0.5, 0.6) is 5.75 Å². The van der Waals surface area contributed by atoms with Crippen molar-refractivity contribution in [3.63, 3.8) is 0 Å². The van der Waals surface area contributed by atoms with E-state index in [2.05, 4.69) is 30.8 Å². The molecule has 2 aromatic heterocycles. The van der Waals surface area contributed by atoms with Crippen LogP contribution in [0.4, 0.5) is 30.9 Å². The van der Waals surface area contributed by atoms with Crippen molar-refractivity contribution >= 4 is 49.0 Å². The van der Waals surface area contributed by atoms with Gasteiger partial charge in [0.05, 0.1) is 17.2 Å². The number of pyridine rings is 2. The van der Waals surface area contributed by atoms with Gasteiger partial charge in [0.1, 0.15) is 24.0 Å². The van der Waals surface area contributed by atoms with Crippen LogP contribution in [0, 0.1) is 36.3 Å². The molecule has 17 heteroatoms. The van der Waals surface area contributed by atoms with Crippen molar-refractivity contribution in [3.05, 3.63) is 178 Å². The van der Waals surface area contributed by atoms with Gasteiger partial charge in [0, 0.05) is 26.4 Å². The fourth-order valence-electron chi connectivity index (χ4n) is 6.13. The van der Waals surface area contributed by atoms with Gasteiger partial charge >= 0.3 is 6.03 Å². The summed E-state index contributed by atoms with van der Waals surface area (Å²) in [6.45, 7) is 21.6. The molecular formula is C47H44F2N8O5S2. The van der Waals surface area contributed by atoms with Crippen LogP contribution in [0.3, 0.4) is 0 Å². The monoisotopic (exact) mass is 902 g/mol. The number of aromatic nitrogens is 2. The summed E-state index contributed by atoms with van der Waals surface area (Å²) in [6.07, 6.45) is 4.52. The number of rotatable bonds is 11. The lowest BCUT2D eigenvalue weighted by Gasteiger charge is -2.19. The molecule has 4 aromatic carbocycles. The number of benzene rings is 4. The molecule has 13 nitrogen and oxygen atoms in total. The average Bonchev–Trinajstić information content (AvgIpc) is 3.24. The summed E-state index contributed by atoms with van der Waals surface area (Å²) in [5.74, 6) is 2.86. The first kappa shape index (κ1) is 49.2. The maximum absolute atomic E-state index is 14.4. The van der Waals surface area contributed by atoms with Gasteiger partial charge in [0.2, 0.25) is 10.0 Å². The van der Waals surface area contributed by atoms with Gasteiger partial charge in [-0.25, -0.2) is 26.7 Å². The van der Waals surface area contributed by atoms with E-state index in [0.717, 1.165) is 5.56 Å². The summed E-state index contributed by atoms with van der Waals surface area (Å²) >= 11 is 0. The lowest BCUT2D eigenvalue weighted by molar-refractivity contribution is 0.256. The number of anilines is 1. The van der Waals surface area contributed by atoms with Crippen LogP contribution in [-0.4, -0.2) is 34.5 Å². The van der Waals surface area contributed by atoms with Crippen LogP contribution < -0.4 is 19.9 Å². The fourth-order valence-corrected chi connectivity index (χ4v) is 7.92. The number of ether oxygens (including phenoxy) is 1. The zero-order valence-corrected chi connectivity index (χ0v) is 36.9. The Morgan fingerprint density at radius 1 is 0.766 bits per heavy atom. The highest BCUT2D eigenvalue weighted by Gasteiger charge is 2.22. The first-order valence-electron chi connectivity index (χ1n) is 19.3. The Bertz CT molecular complexity index is 2950. The number of carbonyl (C=O) groups excluding carboxylic acids is 1. The van der Waals surface area contributed by atoms with Crippen LogP contribution in [0.1, 0.15) is 61.8 Å². The van der Waals surface area contributed by atoms with Crippen LogP contribution in [0.25, 0.3) is 31.9 Å². The van der Waals surface area contributed by atoms with E-state index in [0.29, 0.717) is 50.4 Å². The van der Waals surface area contributed by atoms with Crippen molar-refractivity contribution in [2.45, 2.75) is 51.0 Å². The van der Waals surface area contributed by atoms with Gasteiger partial charge in [0.15, 0.2) is 5.75 Å². The third-order valence-corrected chi connectivity index (χ3v) is 10.9. The number of sulfonamides is 1. The third kappa shape index (κ3) is 14.9. The molecule has 0 fully saturated rings. The predicted molar refractivity (Wildman–Crippen MR) is 247 cm³/mol. The highest BCUT2D eigenvalue weighted by Crippen LogP contribution is 2.39. The minimum atomic E-state index is -3.97. The van der Waals surface area contributed by atoms with Gasteiger partial charge < -0.3 is 19.7 Å². The molecule has 2 heterocycles. The standard InChI is InChI=1S/C23H21FN4O3S.C16H12FN3O.C8H11NOS/c1-15(2)19-12-18(24)13-20(17-9-10-26-21(11-17)25-3)22(19)27-23(29)28-32(30,31)14-16-7-5-4-6-8-16;1-10(2)13-7-12(17)8-14(16(13)21-9-18)11-4-5-20-15(6-11)19-3;1-11(9,10)7-8-5-3-2-4-6-8/h4-13,15H,14H2,1-2H3,(H2,27,28,29);4-8,10H,1-2H3;2-6H,1,7H2,(H2,9,10). The highest BCUT2D eigenvalue weighted by molar-refractivity contribution is 7.97. The maximum Gasteiger partial charge on any atom is 0.332 e. The summed E-state index contributed by atoms with van der Waals surface area (Å²) in [7, 11) is -6.35. The van der Waals surface area contributed by atoms with E-state index >= 15 is 0 Å². The van der Waals surface area contributed by atoms with Crippen molar-refractivity contribution in [1.29, 1.82) is 5.26 Å². The van der Waals surface area contributed by atoms with E-state index in [1.807, 2.05) is 62.7 Å². The second-order valence-electron chi connectivity index (χ2n) is 14.6. The van der Waals surface area contributed by atoms with E-state index in [1.165, 1.54) is 48.8 Å². The number of hydrogen-bond donors (Lipinski definition) is 3. The molecule has 0 saturated carbocycles. The molecule has 64 heavy (non-hydrogen) atoms. The van der Waals surface area contributed by atoms with Gasteiger partial charge in [-0.15, -0.1) is 15.2 Å². The van der Waals surface area contributed by atoms with Gasteiger partial charge in [-0.3, -0.25) is 9.35 Å². The topological polar surface area (TPSA) is 186 Å². The second kappa shape index (κ2) is 22.6. The molecule has 0 aliphatic rings. The lowest BCUT2D eigenvalue weighted by Crippen LogP contribution is -2.35. The van der Waals surface area contributed by atoms with Crippen molar-refractivity contribution < 1.29 is 30.9 Å². The fraction of sp³-hybridized carbons (Fsp3) is 0.170. The average molecular weight is 903 g/mol. The van der Waals surface area contributed by atoms with Crippen molar-refractivity contribution in [3.8, 4) is 34.3 Å². The molecule has 0 bridgehead atoms. The second-order valence-corrected chi connectivity index (χ2v) is 18.4. The predicted octanol–water partition coefficient (Wildman–Crippen LogP) is 10.4. The lowest BCUT2D eigenvalue weighted by atomic mass is 9.94. The Hall–Kier alpha value is -7.49. The molecule has 0 aliphatic heterocycles. The number of nitrogens with one attached hydrogen (secondary N) is 2. The van der Waals surface area contributed by atoms with Crippen LogP contribution in [0.15, 0.2) is 122 Å². The quantitative estimate of drug-likeness (QED) is 0.0651. The Balaban J connectivity index is 0.000000239. The number of carbonyl (C=O) groups is 1. The molecule has 0 saturated heterocycles. The van der Waals surface area contributed by atoms with E-state index in [1.54, 1.807) is 48.7 Å². The normalized spacial score (nSPS) is 11.5. The Labute approximate surface area is 372 Å². The van der Waals surface area contributed by atoms with Crippen molar-refractivity contribution in [2.24, 2.45) is 5.14 Å². The van der Waals surface area contributed by atoms with Crippen LogP contribution in [0.2, 0.25) is 0 Å². The number of amides is 2. The van der Waals surface area contributed by atoms with Crippen molar-refractivity contribution in [2.75, 3.05) is 5.32 Å². The third-order valence-electron chi connectivity index (χ3n) is 8.89. The zero-order valence-electron chi connectivity index (χ0n) is 35.3. The molecule has 1 atom stereocenters. The largest absolute Gasteiger partial charge is 0.387 e. The van der Waals surface area contributed by atoms with Gasteiger partial charge in [-0.05, 0) is 94.1 Å². The number of nitriles is 1. The summed E-state index contributed by atoms with van der Waals surface area (Å²) in [5.41, 5.74) is 4.65. The van der Waals surface area contributed by atoms with Gasteiger partial charge in [0.25, 0.3) is 17.9 Å². The minimum Gasteiger partial charge on any atom is -0.387 e. The first-order chi connectivity index (χ1) is 30.3. The zero-order chi connectivity index (χ0) is 47.0. The number of nitrogens with two attached hydrogens (primary N) is 1. The number of hydrogen-bond acceptors (Lipinski definition) is 8. The molecule has 4 N–H and O–H groups in total. The van der Waals surface area contributed by atoms with Crippen LogP contribution >= 0.6 is 0 Å². The summed E-state index contributed by atoms with van der Waals surface area (Å²) in [6, 6.07) is 28.4. The summed E-state index contributed by atoms with van der Waals surface area (Å²) in [5, 5.41) is 16.7. The SMILES string of the molecule is C=S(N)(=O)Cc1ccccc1.[C-]#[N+]c1cc(-c2cc(F)cc(C(C)C)c2NC(=O)NS(=O)(=O)Cc2ccccc2)ccn1.[C-]#[N+]c1cc(-c2cc(F)cc(C(C)C)c2OC#N)ccn1. The summed E-state index contributed by atoms with van der Waals surface area (Å²) < 4.78 is 71.2. The summed E-state index contributed by atoms with van der Waals surface area (Å²) in [4.78, 5) is 27.0. The van der Waals surface area contributed by atoms with Gasteiger partial charge in [-0.1, -0.05) is 102 Å². The Morgan fingerprint density at radius 2 is 1.23 bits per heavy atom. The minimum absolute atomic E-state index is 0.00929. The smallest absolute Gasteiger partial charge is 0.332 e. The molecule has 0 radical (unpaired) electrons. The molecule has 0 spiro atoms. The van der Waals surface area contributed by atoms with Crippen molar-refractivity contribution in [1.82, 2.24) is 14.7 Å². The number of urea groups is 1. The first-order valence-corrected chi connectivity index (χ1v) is 22.9. The maximum atomic E-state index is 14.4. The molecule has 6 aromatic rings. The van der Waals surface area contributed by atoms with E-state index in [4.69, 9.17) is 28.3 Å². The van der Waals surface area contributed by atoms with E-state index in [9.17, 15) is 26.2 Å². The molecule has 2 amide bonds. The highest BCUT2D eigenvalue weighted by atomic mass is 32.2. The molecule has 0 aliphatic carbocycles. The van der Waals surface area contributed by atoms with Gasteiger partial charge in [-0.2, -0.15) is 0 Å². The molecule has 1 unspecified atom stereocenters. The molecule has 6 rings (SSSR count). The number of nitrogens with zero attached hydrogens (tertiary/aromatic N) is 5. The van der Waals surface area contributed by atoms with Crippen LogP contribution in [-0.2, 0) is 31.2 Å². The van der Waals surface area contributed by atoms with E-state index in [-0.39, 0.29) is 34.9 Å². The molecule has 328 valence electrons. The molecular weight excluding hydrogens is 859 g/mol. The Morgan fingerprint density at radius 3 is 1.70 bits per heavy atom. The Kier molecular flexibility index (Phi) is 17.3. The van der Waals surface area contributed by atoms with E-state index < -0.39 is 37.4 Å². The number of halogens is 2.